The summed E-state index contributed by atoms with van der Waals surface area (Å²) in [5, 5.41) is 2.80. The Bertz CT molecular complexity index is 280. The van der Waals surface area contributed by atoms with Crippen LogP contribution in [0.1, 0.15) is 0 Å². The number of aromatic nitrogens is 2. The van der Waals surface area contributed by atoms with E-state index in [9.17, 15) is 8.78 Å². The van der Waals surface area contributed by atoms with E-state index in [0.717, 1.165) is 0 Å². The van der Waals surface area contributed by atoms with Crippen LogP contribution in [0.25, 0.3) is 0 Å². The lowest BCUT2D eigenvalue weighted by molar-refractivity contribution is 0.0214. The minimum absolute atomic E-state index is 0.179. The van der Waals surface area contributed by atoms with E-state index in [1.807, 2.05) is 0 Å². The van der Waals surface area contributed by atoms with Gasteiger partial charge in [-0.25, -0.2) is 18.7 Å². The van der Waals surface area contributed by atoms with Gasteiger partial charge in [0.05, 0.1) is 24.7 Å². The van der Waals surface area contributed by atoms with Gasteiger partial charge in [0.15, 0.2) is 0 Å². The first kappa shape index (κ1) is 11.6. The van der Waals surface area contributed by atoms with Gasteiger partial charge in [0.1, 0.15) is 6.61 Å². The molecule has 7 heteroatoms. The van der Waals surface area contributed by atoms with Crippen LogP contribution in [0.5, 0.6) is 0 Å². The van der Waals surface area contributed by atoms with Gasteiger partial charge in [-0.3, -0.25) is 0 Å². The SMILES string of the molecule is Nc1cnc(NCCOCC(F)F)nc1. The topological polar surface area (TPSA) is 73.1 Å². The zero-order valence-corrected chi connectivity index (χ0v) is 7.99. The Morgan fingerprint density at radius 3 is 2.67 bits per heavy atom. The summed E-state index contributed by atoms with van der Waals surface area (Å²) >= 11 is 0. The van der Waals surface area contributed by atoms with Crippen LogP contribution in [-0.2, 0) is 4.74 Å². The van der Waals surface area contributed by atoms with Crippen molar-refractivity contribution in [3.8, 4) is 0 Å². The highest BCUT2D eigenvalue weighted by Crippen LogP contribution is 2.00. The lowest BCUT2D eigenvalue weighted by atomic mass is 10.5. The number of rotatable bonds is 6. The zero-order chi connectivity index (χ0) is 11.1. The van der Waals surface area contributed by atoms with Crippen LogP contribution in [0.2, 0.25) is 0 Å². The summed E-state index contributed by atoms with van der Waals surface area (Å²) in [5.74, 6) is 0.393. The number of nitrogens with one attached hydrogen (secondary N) is 1. The van der Waals surface area contributed by atoms with Crippen LogP contribution in [0.3, 0.4) is 0 Å². The lowest BCUT2D eigenvalue weighted by Gasteiger charge is -2.05. The number of anilines is 2. The monoisotopic (exact) mass is 218 g/mol. The fraction of sp³-hybridized carbons (Fsp3) is 0.500. The van der Waals surface area contributed by atoms with E-state index in [1.54, 1.807) is 0 Å². The van der Waals surface area contributed by atoms with Crippen molar-refractivity contribution in [3.63, 3.8) is 0 Å². The van der Waals surface area contributed by atoms with Crippen molar-refractivity contribution in [1.29, 1.82) is 0 Å². The highest BCUT2D eigenvalue weighted by molar-refractivity contribution is 5.35. The van der Waals surface area contributed by atoms with Gasteiger partial charge in [0, 0.05) is 6.54 Å². The minimum atomic E-state index is -2.43. The first-order valence-electron chi connectivity index (χ1n) is 4.36. The van der Waals surface area contributed by atoms with E-state index >= 15 is 0 Å². The summed E-state index contributed by atoms with van der Waals surface area (Å²) in [6.45, 7) is -0.00100. The Hall–Kier alpha value is -1.50. The predicted octanol–water partition coefficient (Wildman–Crippen LogP) is 0.752. The third-order valence-electron chi connectivity index (χ3n) is 1.45. The molecule has 0 aliphatic rings. The molecule has 1 heterocycles. The number of alkyl halides is 2. The quantitative estimate of drug-likeness (QED) is 0.689. The van der Waals surface area contributed by atoms with Gasteiger partial charge in [0.2, 0.25) is 5.95 Å². The number of hydrogen-bond donors (Lipinski definition) is 2. The molecule has 0 fully saturated rings. The molecule has 1 rings (SSSR count). The van der Waals surface area contributed by atoms with E-state index < -0.39 is 13.0 Å². The van der Waals surface area contributed by atoms with E-state index in [2.05, 4.69) is 20.0 Å². The number of ether oxygens (including phenoxy) is 1. The Labute approximate surface area is 85.7 Å². The van der Waals surface area contributed by atoms with Crippen molar-refractivity contribution in [2.75, 3.05) is 30.8 Å². The molecule has 5 nitrogen and oxygen atoms in total. The van der Waals surface area contributed by atoms with Crippen molar-refractivity contribution in [2.45, 2.75) is 6.43 Å². The van der Waals surface area contributed by atoms with Crippen LogP contribution >= 0.6 is 0 Å². The Balaban J connectivity index is 2.12. The normalized spacial score (nSPS) is 10.6. The third-order valence-corrected chi connectivity index (χ3v) is 1.45. The number of nitrogen functional groups attached to an aromatic ring is 1. The van der Waals surface area contributed by atoms with Crippen LogP contribution in [0.4, 0.5) is 20.4 Å². The molecule has 1 aromatic heterocycles. The zero-order valence-electron chi connectivity index (χ0n) is 7.99. The molecule has 0 unspecified atom stereocenters. The average Bonchev–Trinajstić information content (AvgIpc) is 2.20. The van der Waals surface area contributed by atoms with Gasteiger partial charge in [-0.2, -0.15) is 0 Å². The summed E-state index contributed by atoms with van der Waals surface area (Å²) in [7, 11) is 0. The molecule has 0 bridgehead atoms. The van der Waals surface area contributed by atoms with Crippen LogP contribution in [0.15, 0.2) is 12.4 Å². The maximum absolute atomic E-state index is 11.6. The molecule has 0 amide bonds. The molecular weight excluding hydrogens is 206 g/mol. The molecular formula is C8H12F2N4O. The fourth-order valence-electron chi connectivity index (χ4n) is 0.837. The second-order valence-corrected chi connectivity index (χ2v) is 2.73. The highest BCUT2D eigenvalue weighted by atomic mass is 19.3. The van der Waals surface area contributed by atoms with E-state index in [0.29, 0.717) is 18.2 Å². The van der Waals surface area contributed by atoms with Crippen LogP contribution < -0.4 is 11.1 Å². The van der Waals surface area contributed by atoms with Gasteiger partial charge >= 0.3 is 0 Å². The maximum atomic E-state index is 11.6. The second-order valence-electron chi connectivity index (χ2n) is 2.73. The first-order valence-corrected chi connectivity index (χ1v) is 4.36. The minimum Gasteiger partial charge on any atom is -0.396 e. The van der Waals surface area contributed by atoms with E-state index in [-0.39, 0.29) is 6.61 Å². The van der Waals surface area contributed by atoms with Crippen LogP contribution in [-0.4, -0.2) is 36.2 Å². The summed E-state index contributed by atoms with van der Waals surface area (Å²) in [4.78, 5) is 7.72. The van der Waals surface area contributed by atoms with Crippen molar-refractivity contribution in [1.82, 2.24) is 9.97 Å². The molecule has 0 aliphatic carbocycles. The van der Waals surface area contributed by atoms with Gasteiger partial charge in [-0.1, -0.05) is 0 Å². The fourth-order valence-corrected chi connectivity index (χ4v) is 0.837. The second kappa shape index (κ2) is 6.07. The van der Waals surface area contributed by atoms with Crippen molar-refractivity contribution in [2.24, 2.45) is 0 Å². The standard InChI is InChI=1S/C8H12F2N4O/c9-7(10)5-15-2-1-12-8-13-3-6(11)4-14-8/h3-4,7H,1-2,5,11H2,(H,12,13,14). The molecule has 84 valence electrons. The summed E-state index contributed by atoms with van der Waals surface area (Å²) in [6.07, 6.45) is 0.475. The molecule has 3 N–H and O–H groups in total. The number of nitrogens with zero attached hydrogens (tertiary/aromatic N) is 2. The maximum Gasteiger partial charge on any atom is 0.261 e. The summed E-state index contributed by atoms with van der Waals surface area (Å²) < 4.78 is 27.9. The molecule has 0 saturated carbocycles. The smallest absolute Gasteiger partial charge is 0.261 e. The largest absolute Gasteiger partial charge is 0.396 e. The summed E-state index contributed by atoms with van der Waals surface area (Å²) in [6, 6.07) is 0. The van der Waals surface area contributed by atoms with Gasteiger partial charge in [0.25, 0.3) is 6.43 Å². The van der Waals surface area contributed by atoms with Crippen molar-refractivity contribution < 1.29 is 13.5 Å². The molecule has 0 radical (unpaired) electrons. The molecule has 0 aromatic carbocycles. The predicted molar refractivity (Wildman–Crippen MR) is 51.8 cm³/mol. The van der Waals surface area contributed by atoms with Gasteiger partial charge in [-0.05, 0) is 0 Å². The highest BCUT2D eigenvalue weighted by Gasteiger charge is 2.01. The lowest BCUT2D eigenvalue weighted by Crippen LogP contribution is -2.14. The molecule has 0 atom stereocenters. The number of hydrogen-bond acceptors (Lipinski definition) is 5. The Kier molecular flexibility index (Phi) is 4.69. The molecule has 15 heavy (non-hydrogen) atoms. The van der Waals surface area contributed by atoms with Gasteiger partial charge in [-0.15, -0.1) is 0 Å². The average molecular weight is 218 g/mol. The van der Waals surface area contributed by atoms with E-state index in [4.69, 9.17) is 5.73 Å². The molecule has 1 aromatic rings. The van der Waals surface area contributed by atoms with Crippen LogP contribution in [0, 0.1) is 0 Å². The van der Waals surface area contributed by atoms with Gasteiger partial charge < -0.3 is 15.8 Å². The van der Waals surface area contributed by atoms with E-state index in [1.165, 1.54) is 12.4 Å². The molecule has 0 spiro atoms. The molecule has 0 aliphatic heterocycles. The Morgan fingerprint density at radius 2 is 2.07 bits per heavy atom. The number of nitrogens with two attached hydrogens (primary N) is 1. The van der Waals surface area contributed by atoms with Crippen molar-refractivity contribution >= 4 is 11.6 Å². The summed E-state index contributed by atoms with van der Waals surface area (Å²) in [5.41, 5.74) is 5.84. The van der Waals surface area contributed by atoms with Crippen molar-refractivity contribution in [3.05, 3.63) is 12.4 Å². The number of halogens is 2. The molecule has 0 saturated heterocycles. The third kappa shape index (κ3) is 5.06. The first-order chi connectivity index (χ1) is 7.18. The Morgan fingerprint density at radius 1 is 1.40 bits per heavy atom.